The van der Waals surface area contributed by atoms with Crippen LogP contribution in [-0.2, 0) is 17.8 Å². The van der Waals surface area contributed by atoms with E-state index in [-0.39, 0.29) is 5.91 Å². The molecule has 0 atom stereocenters. The first-order chi connectivity index (χ1) is 13.2. The second-order valence-corrected chi connectivity index (χ2v) is 6.77. The molecule has 0 fully saturated rings. The molecule has 2 aromatic heterocycles. The van der Waals surface area contributed by atoms with Gasteiger partial charge in [-0.05, 0) is 41.6 Å². The van der Waals surface area contributed by atoms with Crippen LogP contribution in [0.25, 0.3) is 22.4 Å². The Hall–Kier alpha value is -3.41. The van der Waals surface area contributed by atoms with Gasteiger partial charge in [0.2, 0.25) is 17.7 Å². The molecule has 0 saturated carbocycles. The fraction of sp³-hybridized carbons (Fsp3) is 0.190. The molecular formula is C21H18N4O2. The van der Waals surface area contributed by atoms with Crippen LogP contribution in [0.5, 0.6) is 0 Å². The van der Waals surface area contributed by atoms with Gasteiger partial charge in [-0.2, -0.15) is 0 Å². The largest absolute Gasteiger partial charge is 0.421 e. The van der Waals surface area contributed by atoms with Crippen molar-refractivity contribution in [3.8, 4) is 11.5 Å². The summed E-state index contributed by atoms with van der Waals surface area (Å²) in [6, 6.07) is 16.1. The quantitative estimate of drug-likeness (QED) is 0.561. The minimum atomic E-state index is 0.0940. The molecule has 0 aliphatic carbocycles. The molecular weight excluding hydrogens is 340 g/mol. The predicted molar refractivity (Wildman–Crippen MR) is 102 cm³/mol. The molecule has 4 aromatic rings. The maximum absolute atomic E-state index is 12.9. The van der Waals surface area contributed by atoms with Crippen molar-refractivity contribution in [2.45, 2.75) is 19.9 Å². The number of hydrogen-bond donors (Lipinski definition) is 0. The summed E-state index contributed by atoms with van der Waals surface area (Å²) in [5, 5.41) is 9.05. The van der Waals surface area contributed by atoms with Crippen molar-refractivity contribution in [1.29, 1.82) is 0 Å². The Morgan fingerprint density at radius 1 is 1.15 bits per heavy atom. The zero-order valence-electron chi connectivity index (χ0n) is 14.9. The van der Waals surface area contributed by atoms with Crippen LogP contribution in [0, 0.1) is 6.92 Å². The summed E-state index contributed by atoms with van der Waals surface area (Å²) in [4.78, 5) is 14.8. The van der Waals surface area contributed by atoms with Crippen molar-refractivity contribution in [3.63, 3.8) is 0 Å². The van der Waals surface area contributed by atoms with Gasteiger partial charge >= 0.3 is 0 Å². The van der Waals surface area contributed by atoms with E-state index in [0.29, 0.717) is 18.3 Å². The Labute approximate surface area is 156 Å². The van der Waals surface area contributed by atoms with Gasteiger partial charge in [-0.15, -0.1) is 10.2 Å². The monoisotopic (exact) mass is 358 g/mol. The predicted octanol–water partition coefficient (Wildman–Crippen LogP) is 3.59. The third-order valence-corrected chi connectivity index (χ3v) is 5.04. The van der Waals surface area contributed by atoms with Crippen molar-refractivity contribution in [3.05, 3.63) is 66.2 Å². The molecule has 0 N–H and O–H groups in total. The smallest absolute Gasteiger partial charge is 0.247 e. The molecule has 5 rings (SSSR count). The van der Waals surface area contributed by atoms with E-state index in [1.165, 1.54) is 5.56 Å². The highest BCUT2D eigenvalue weighted by molar-refractivity contribution is 5.96. The van der Waals surface area contributed by atoms with Crippen molar-refractivity contribution in [1.82, 2.24) is 14.8 Å². The summed E-state index contributed by atoms with van der Waals surface area (Å²) in [5.41, 5.74) is 4.09. The topological polar surface area (TPSA) is 64.2 Å². The third-order valence-electron chi connectivity index (χ3n) is 5.04. The Kier molecular flexibility index (Phi) is 3.57. The Morgan fingerprint density at radius 2 is 2.04 bits per heavy atom. The molecule has 134 valence electrons. The number of amides is 1. The van der Waals surface area contributed by atoms with Gasteiger partial charge in [-0.25, -0.2) is 0 Å². The number of aryl methyl sites for hydroxylation is 1. The Morgan fingerprint density at radius 3 is 2.89 bits per heavy atom. The SMILES string of the molecule is Cc1nnc(-c2ccc3ccn(CC(=O)N4CCc5ccccc54)c3c2)o1. The van der Waals surface area contributed by atoms with Crippen LogP contribution in [0.1, 0.15) is 11.5 Å². The number of rotatable bonds is 3. The number of aromatic nitrogens is 3. The van der Waals surface area contributed by atoms with Crippen LogP contribution >= 0.6 is 0 Å². The number of carbonyl (C=O) groups is 1. The van der Waals surface area contributed by atoms with Crippen LogP contribution in [0.2, 0.25) is 0 Å². The van der Waals surface area contributed by atoms with E-state index < -0.39 is 0 Å². The van der Waals surface area contributed by atoms with Crippen molar-refractivity contribution in [2.75, 3.05) is 11.4 Å². The zero-order chi connectivity index (χ0) is 18.4. The van der Waals surface area contributed by atoms with Crippen molar-refractivity contribution in [2.24, 2.45) is 0 Å². The molecule has 1 aliphatic heterocycles. The summed E-state index contributed by atoms with van der Waals surface area (Å²) >= 11 is 0. The fourth-order valence-electron chi connectivity index (χ4n) is 3.70. The average molecular weight is 358 g/mol. The lowest BCUT2D eigenvalue weighted by molar-refractivity contribution is -0.119. The minimum Gasteiger partial charge on any atom is -0.421 e. The molecule has 1 amide bonds. The van der Waals surface area contributed by atoms with E-state index in [1.807, 2.05) is 58.1 Å². The number of para-hydroxylation sites is 1. The maximum Gasteiger partial charge on any atom is 0.247 e. The van der Waals surface area contributed by atoms with Crippen LogP contribution < -0.4 is 4.90 Å². The molecule has 0 spiro atoms. The highest BCUT2D eigenvalue weighted by atomic mass is 16.4. The molecule has 0 unspecified atom stereocenters. The zero-order valence-corrected chi connectivity index (χ0v) is 14.9. The van der Waals surface area contributed by atoms with Gasteiger partial charge in [0, 0.05) is 36.4 Å². The Balaban J connectivity index is 1.46. The number of benzene rings is 2. The molecule has 6 heteroatoms. The standard InChI is InChI=1S/C21H18N4O2/c1-14-22-23-21(27-14)17-7-6-16-8-10-24(19(16)12-17)13-20(26)25-11-9-15-4-2-3-5-18(15)25/h2-8,10,12H,9,11,13H2,1H3. The van der Waals surface area contributed by atoms with E-state index in [4.69, 9.17) is 4.42 Å². The lowest BCUT2D eigenvalue weighted by Crippen LogP contribution is -2.32. The molecule has 0 saturated heterocycles. The van der Waals surface area contributed by atoms with Crippen LogP contribution in [0.3, 0.4) is 0 Å². The molecule has 2 aromatic carbocycles. The summed E-state index contributed by atoms with van der Waals surface area (Å²) in [6.45, 7) is 2.80. The Bertz CT molecular complexity index is 1160. The van der Waals surface area contributed by atoms with E-state index >= 15 is 0 Å². The van der Waals surface area contributed by atoms with Crippen LogP contribution in [-0.4, -0.2) is 27.2 Å². The normalized spacial score (nSPS) is 13.3. The molecule has 0 bridgehead atoms. The van der Waals surface area contributed by atoms with Gasteiger partial charge in [0.25, 0.3) is 0 Å². The number of anilines is 1. The summed E-state index contributed by atoms with van der Waals surface area (Å²) < 4.78 is 7.51. The van der Waals surface area contributed by atoms with Gasteiger partial charge in [0.1, 0.15) is 6.54 Å². The fourth-order valence-corrected chi connectivity index (χ4v) is 3.70. The van der Waals surface area contributed by atoms with Gasteiger partial charge in [-0.3, -0.25) is 4.79 Å². The molecule has 27 heavy (non-hydrogen) atoms. The molecule has 1 aliphatic rings. The lowest BCUT2D eigenvalue weighted by Gasteiger charge is -2.18. The van der Waals surface area contributed by atoms with Crippen molar-refractivity contribution >= 4 is 22.5 Å². The number of carbonyl (C=O) groups excluding carboxylic acids is 1. The number of fused-ring (bicyclic) bond motifs is 2. The first kappa shape index (κ1) is 15.8. The van der Waals surface area contributed by atoms with Gasteiger partial charge in [0.15, 0.2) is 0 Å². The van der Waals surface area contributed by atoms with Gasteiger partial charge in [0.05, 0.1) is 0 Å². The summed E-state index contributed by atoms with van der Waals surface area (Å²) in [6.07, 6.45) is 2.86. The second kappa shape index (κ2) is 6.09. The summed E-state index contributed by atoms with van der Waals surface area (Å²) in [5.74, 6) is 1.11. The molecule has 3 heterocycles. The number of hydrogen-bond acceptors (Lipinski definition) is 4. The number of nitrogens with zero attached hydrogens (tertiary/aromatic N) is 4. The first-order valence-electron chi connectivity index (χ1n) is 8.97. The van der Waals surface area contributed by atoms with Gasteiger partial charge < -0.3 is 13.9 Å². The van der Waals surface area contributed by atoms with E-state index in [9.17, 15) is 4.79 Å². The highest BCUT2D eigenvalue weighted by Crippen LogP contribution is 2.29. The van der Waals surface area contributed by atoms with E-state index in [0.717, 1.165) is 35.1 Å². The average Bonchev–Trinajstić information content (AvgIpc) is 3.40. The first-order valence-corrected chi connectivity index (χ1v) is 8.97. The highest BCUT2D eigenvalue weighted by Gasteiger charge is 2.24. The summed E-state index contributed by atoms with van der Waals surface area (Å²) in [7, 11) is 0. The lowest BCUT2D eigenvalue weighted by atomic mass is 10.1. The second-order valence-electron chi connectivity index (χ2n) is 6.77. The molecule has 6 nitrogen and oxygen atoms in total. The van der Waals surface area contributed by atoms with Crippen LogP contribution in [0.4, 0.5) is 5.69 Å². The van der Waals surface area contributed by atoms with Crippen molar-refractivity contribution < 1.29 is 9.21 Å². The van der Waals surface area contributed by atoms with E-state index in [2.05, 4.69) is 16.3 Å². The van der Waals surface area contributed by atoms with Gasteiger partial charge in [-0.1, -0.05) is 24.3 Å². The maximum atomic E-state index is 12.9. The van der Waals surface area contributed by atoms with Crippen LogP contribution in [0.15, 0.2) is 59.1 Å². The third kappa shape index (κ3) is 2.70. The molecule has 0 radical (unpaired) electrons. The minimum absolute atomic E-state index is 0.0940. The van der Waals surface area contributed by atoms with E-state index in [1.54, 1.807) is 6.92 Å².